The largest absolute Gasteiger partial charge is 0.459 e. The molecule has 2 rings (SSSR count). The molecule has 0 N–H and O–H groups in total. The molecule has 6 heteroatoms. The summed E-state index contributed by atoms with van der Waals surface area (Å²) in [7, 11) is 0.894. The zero-order valence-electron chi connectivity index (χ0n) is 15.7. The number of halogens is 3. The van der Waals surface area contributed by atoms with E-state index in [1.165, 1.54) is 24.3 Å². The van der Waals surface area contributed by atoms with Gasteiger partial charge in [-0.25, -0.2) is 4.79 Å². The van der Waals surface area contributed by atoms with Crippen LogP contribution in [0.2, 0.25) is 0 Å². The molecule has 0 heterocycles. The van der Waals surface area contributed by atoms with Gasteiger partial charge < -0.3 is 9.47 Å². The van der Waals surface area contributed by atoms with Gasteiger partial charge in [-0.3, -0.25) is 0 Å². The summed E-state index contributed by atoms with van der Waals surface area (Å²) < 4.78 is 52.2. The second kappa shape index (κ2) is 7.99. The molecule has 0 spiro atoms. The maximum Gasteiger partial charge on any atom is 0.432 e. The summed E-state index contributed by atoms with van der Waals surface area (Å²) in [5, 5.41) is 0. The second-order valence-corrected chi connectivity index (χ2v) is 7.52. The van der Waals surface area contributed by atoms with E-state index in [2.05, 4.69) is 0 Å². The van der Waals surface area contributed by atoms with Gasteiger partial charge in [0.05, 0.1) is 0 Å². The molecule has 1 fully saturated rings. The zero-order chi connectivity index (χ0) is 19.5. The Hall–Kier alpha value is -1.56. The molecule has 0 bridgehead atoms. The van der Waals surface area contributed by atoms with Gasteiger partial charge in [0.2, 0.25) is 0 Å². The molecule has 0 aliphatic heterocycles. The van der Waals surface area contributed by atoms with Gasteiger partial charge in [0.15, 0.2) is 0 Å². The minimum Gasteiger partial charge on any atom is -0.459 e. The molecule has 0 amide bonds. The Morgan fingerprint density at radius 3 is 2.27 bits per heavy atom. The summed E-state index contributed by atoms with van der Waals surface area (Å²) in [6.45, 7) is 6.04. The van der Waals surface area contributed by atoms with E-state index in [1.807, 2.05) is 20.8 Å². The van der Waals surface area contributed by atoms with Crippen molar-refractivity contribution in [2.24, 2.45) is 17.8 Å². The molecule has 3 nitrogen and oxygen atoms in total. The highest BCUT2D eigenvalue weighted by molar-refractivity contribution is 5.82. The lowest BCUT2D eigenvalue weighted by Gasteiger charge is -2.39. The number of carbonyl (C=O) groups is 1. The molecule has 1 aromatic rings. The van der Waals surface area contributed by atoms with E-state index in [0.717, 1.165) is 20.0 Å². The minimum absolute atomic E-state index is 0.0497. The third-order valence-corrected chi connectivity index (χ3v) is 5.39. The van der Waals surface area contributed by atoms with Gasteiger partial charge in [0, 0.05) is 12.7 Å². The first-order chi connectivity index (χ1) is 12.1. The molecule has 1 aliphatic rings. The highest BCUT2D eigenvalue weighted by atomic mass is 19.4. The van der Waals surface area contributed by atoms with Crippen molar-refractivity contribution in [3.05, 3.63) is 35.9 Å². The van der Waals surface area contributed by atoms with E-state index in [0.29, 0.717) is 12.3 Å². The first-order valence-corrected chi connectivity index (χ1v) is 9.02. The minimum atomic E-state index is -4.94. The van der Waals surface area contributed by atoms with Crippen molar-refractivity contribution in [3.8, 4) is 0 Å². The molecule has 146 valence electrons. The summed E-state index contributed by atoms with van der Waals surface area (Å²) in [6, 6.07) is 6.95. The van der Waals surface area contributed by atoms with Gasteiger partial charge in [0.1, 0.15) is 6.10 Å². The SMILES string of the molecule is COC(C(=O)O[C@@H]1C[C@H](C)CC[C@H]1C(C)C)(c1ccccc1)C(F)(F)F. The van der Waals surface area contributed by atoms with Crippen molar-refractivity contribution < 1.29 is 27.4 Å². The molecule has 0 radical (unpaired) electrons. The predicted molar refractivity (Wildman–Crippen MR) is 92.4 cm³/mol. The molecule has 1 saturated carbocycles. The number of esters is 1. The van der Waals surface area contributed by atoms with Crippen LogP contribution in [0.4, 0.5) is 13.2 Å². The van der Waals surface area contributed by atoms with Crippen LogP contribution in [0.1, 0.15) is 45.6 Å². The number of rotatable bonds is 5. The van der Waals surface area contributed by atoms with Crippen LogP contribution >= 0.6 is 0 Å². The van der Waals surface area contributed by atoms with Crippen LogP contribution in [0.25, 0.3) is 0 Å². The quantitative estimate of drug-likeness (QED) is 0.675. The summed E-state index contributed by atoms with van der Waals surface area (Å²) in [5.74, 6) is -0.806. The number of carbonyl (C=O) groups excluding carboxylic acids is 1. The van der Waals surface area contributed by atoms with Crippen LogP contribution in [-0.4, -0.2) is 25.4 Å². The van der Waals surface area contributed by atoms with Crippen molar-refractivity contribution in [2.75, 3.05) is 7.11 Å². The number of hydrogen-bond donors (Lipinski definition) is 0. The lowest BCUT2D eigenvalue weighted by atomic mass is 9.75. The highest BCUT2D eigenvalue weighted by Crippen LogP contribution is 2.44. The highest BCUT2D eigenvalue weighted by Gasteiger charge is 2.64. The normalized spacial score (nSPS) is 26.4. The standard InChI is InChI=1S/C20H27F3O3/c1-13(2)16-11-10-14(3)12-17(16)26-18(24)19(25-4,20(21,22)23)15-8-6-5-7-9-15/h5-9,13-14,16-17H,10-12H2,1-4H3/t14-,16+,17-,19?/m1/s1. The molecule has 1 aromatic carbocycles. The van der Waals surface area contributed by atoms with E-state index in [-0.39, 0.29) is 17.4 Å². The maximum absolute atomic E-state index is 14.0. The average molecular weight is 372 g/mol. The number of ether oxygens (including phenoxy) is 2. The van der Waals surface area contributed by atoms with Crippen LogP contribution in [0, 0.1) is 17.8 Å². The van der Waals surface area contributed by atoms with Gasteiger partial charge in [-0.15, -0.1) is 0 Å². The van der Waals surface area contributed by atoms with Crippen LogP contribution in [0.15, 0.2) is 30.3 Å². The van der Waals surface area contributed by atoms with Crippen molar-refractivity contribution in [3.63, 3.8) is 0 Å². The van der Waals surface area contributed by atoms with Crippen molar-refractivity contribution in [1.82, 2.24) is 0 Å². The molecule has 1 aliphatic carbocycles. The predicted octanol–water partition coefficient (Wildman–Crippen LogP) is 5.09. The Bertz CT molecular complexity index is 600. The number of hydrogen-bond acceptors (Lipinski definition) is 3. The summed E-state index contributed by atoms with van der Waals surface area (Å²) in [4.78, 5) is 12.8. The van der Waals surface area contributed by atoms with Gasteiger partial charge in [-0.05, 0) is 30.6 Å². The lowest BCUT2D eigenvalue weighted by molar-refractivity contribution is -0.279. The average Bonchev–Trinajstić information content (AvgIpc) is 2.55. The topological polar surface area (TPSA) is 35.5 Å². The number of benzene rings is 1. The van der Waals surface area contributed by atoms with E-state index >= 15 is 0 Å². The van der Waals surface area contributed by atoms with Gasteiger partial charge >= 0.3 is 12.1 Å². The fourth-order valence-corrected chi connectivity index (χ4v) is 3.86. The first-order valence-electron chi connectivity index (χ1n) is 9.02. The summed E-state index contributed by atoms with van der Waals surface area (Å²) in [5.41, 5.74) is -3.39. The monoisotopic (exact) mass is 372 g/mol. The lowest BCUT2D eigenvalue weighted by Crippen LogP contribution is -2.53. The molecule has 1 unspecified atom stereocenters. The molecule has 0 saturated heterocycles. The van der Waals surface area contributed by atoms with Crippen molar-refractivity contribution in [2.45, 2.75) is 57.9 Å². The van der Waals surface area contributed by atoms with E-state index < -0.39 is 23.9 Å². The molecule has 26 heavy (non-hydrogen) atoms. The maximum atomic E-state index is 14.0. The van der Waals surface area contributed by atoms with Crippen LogP contribution in [0.5, 0.6) is 0 Å². The van der Waals surface area contributed by atoms with Crippen LogP contribution < -0.4 is 0 Å². The Morgan fingerprint density at radius 2 is 1.77 bits per heavy atom. The fourth-order valence-electron chi connectivity index (χ4n) is 3.86. The summed E-state index contributed by atoms with van der Waals surface area (Å²) >= 11 is 0. The Balaban J connectivity index is 2.38. The van der Waals surface area contributed by atoms with Crippen LogP contribution in [0.3, 0.4) is 0 Å². The Kier molecular flexibility index (Phi) is 6.37. The Labute approximate surface area is 152 Å². The van der Waals surface area contributed by atoms with Gasteiger partial charge in [-0.2, -0.15) is 13.2 Å². The van der Waals surface area contributed by atoms with Crippen LogP contribution in [-0.2, 0) is 19.9 Å². The first kappa shape index (κ1) is 20.7. The second-order valence-electron chi connectivity index (χ2n) is 7.52. The van der Waals surface area contributed by atoms with Crippen molar-refractivity contribution >= 4 is 5.97 Å². The number of alkyl halides is 3. The molecular formula is C20H27F3O3. The van der Waals surface area contributed by atoms with E-state index in [9.17, 15) is 18.0 Å². The van der Waals surface area contributed by atoms with Gasteiger partial charge in [-0.1, -0.05) is 57.5 Å². The molecule has 4 atom stereocenters. The van der Waals surface area contributed by atoms with E-state index in [1.54, 1.807) is 6.07 Å². The smallest absolute Gasteiger partial charge is 0.432 e. The fraction of sp³-hybridized carbons (Fsp3) is 0.650. The number of methoxy groups -OCH3 is 1. The molecule has 0 aromatic heterocycles. The zero-order valence-corrected chi connectivity index (χ0v) is 15.7. The molecular weight excluding hydrogens is 345 g/mol. The van der Waals surface area contributed by atoms with Crippen molar-refractivity contribution in [1.29, 1.82) is 0 Å². The summed E-state index contributed by atoms with van der Waals surface area (Å²) in [6.07, 6.45) is -3.07. The Morgan fingerprint density at radius 1 is 1.15 bits per heavy atom. The third kappa shape index (κ3) is 3.90. The van der Waals surface area contributed by atoms with Gasteiger partial charge in [0.25, 0.3) is 5.60 Å². The third-order valence-electron chi connectivity index (χ3n) is 5.39. The van der Waals surface area contributed by atoms with E-state index in [4.69, 9.17) is 9.47 Å².